The average molecular weight is 257 g/mol. The third kappa shape index (κ3) is 3.28. The first-order valence-corrected chi connectivity index (χ1v) is 6.08. The van der Waals surface area contributed by atoms with Crippen molar-refractivity contribution in [3.05, 3.63) is 53.9 Å². The molecule has 1 aromatic heterocycles. The van der Waals surface area contributed by atoms with Gasteiger partial charge in [-0.1, -0.05) is 37.3 Å². The molecule has 5 nitrogen and oxygen atoms in total. The van der Waals surface area contributed by atoms with Crippen molar-refractivity contribution in [2.75, 3.05) is 5.32 Å². The largest absolute Gasteiger partial charge is 0.477 e. The topological polar surface area (TPSA) is 75.1 Å². The van der Waals surface area contributed by atoms with E-state index in [1.807, 2.05) is 37.3 Å². The van der Waals surface area contributed by atoms with Crippen LogP contribution >= 0.6 is 0 Å². The molecule has 98 valence electrons. The van der Waals surface area contributed by atoms with E-state index in [2.05, 4.69) is 15.3 Å². The number of aromatic nitrogens is 2. The van der Waals surface area contributed by atoms with Crippen molar-refractivity contribution in [3.8, 4) is 0 Å². The van der Waals surface area contributed by atoms with Gasteiger partial charge in [-0.15, -0.1) is 0 Å². The van der Waals surface area contributed by atoms with Gasteiger partial charge in [-0.25, -0.2) is 14.8 Å². The van der Waals surface area contributed by atoms with E-state index in [1.165, 1.54) is 12.3 Å². The average Bonchev–Trinajstić information content (AvgIpc) is 2.46. The molecule has 0 saturated carbocycles. The Balaban J connectivity index is 2.19. The summed E-state index contributed by atoms with van der Waals surface area (Å²) in [6.07, 6.45) is 2.29. The second-order valence-electron chi connectivity index (χ2n) is 4.09. The highest BCUT2D eigenvalue weighted by Crippen LogP contribution is 2.20. The van der Waals surface area contributed by atoms with E-state index >= 15 is 0 Å². The van der Waals surface area contributed by atoms with E-state index in [9.17, 15) is 4.79 Å². The summed E-state index contributed by atoms with van der Waals surface area (Å²) in [6, 6.07) is 11.4. The zero-order valence-corrected chi connectivity index (χ0v) is 10.6. The first-order valence-electron chi connectivity index (χ1n) is 6.08. The highest BCUT2D eigenvalue weighted by molar-refractivity contribution is 5.85. The molecule has 1 unspecified atom stereocenters. The molecule has 5 heteroatoms. The molecule has 2 N–H and O–H groups in total. The molecule has 0 spiro atoms. The van der Waals surface area contributed by atoms with Crippen molar-refractivity contribution in [3.63, 3.8) is 0 Å². The van der Waals surface area contributed by atoms with Gasteiger partial charge in [0.15, 0.2) is 5.69 Å². The minimum Gasteiger partial charge on any atom is -0.477 e. The van der Waals surface area contributed by atoms with Crippen LogP contribution in [0, 0.1) is 0 Å². The normalized spacial score (nSPS) is 11.8. The monoisotopic (exact) mass is 257 g/mol. The Hall–Kier alpha value is -2.43. The number of carboxylic acids is 1. The van der Waals surface area contributed by atoms with Crippen molar-refractivity contribution in [1.29, 1.82) is 0 Å². The number of aromatic carboxylic acids is 1. The Bertz CT molecular complexity index is 558. The summed E-state index contributed by atoms with van der Waals surface area (Å²) in [4.78, 5) is 18.9. The van der Waals surface area contributed by atoms with Crippen molar-refractivity contribution >= 4 is 11.9 Å². The molecule has 2 rings (SSSR count). The van der Waals surface area contributed by atoms with Gasteiger partial charge < -0.3 is 10.4 Å². The van der Waals surface area contributed by atoms with Crippen LogP contribution in [0.1, 0.15) is 35.4 Å². The predicted octanol–water partition coefficient (Wildman–Crippen LogP) is 2.74. The lowest BCUT2D eigenvalue weighted by Crippen LogP contribution is -2.13. The van der Waals surface area contributed by atoms with Gasteiger partial charge in [-0.05, 0) is 18.1 Å². The number of hydrogen-bond donors (Lipinski definition) is 2. The number of rotatable bonds is 5. The lowest BCUT2D eigenvalue weighted by Gasteiger charge is -2.17. The van der Waals surface area contributed by atoms with Crippen LogP contribution in [0.5, 0.6) is 0 Å². The van der Waals surface area contributed by atoms with Crippen LogP contribution in [0.2, 0.25) is 0 Å². The third-order valence-electron chi connectivity index (χ3n) is 2.79. The molecule has 2 aromatic rings. The molecular weight excluding hydrogens is 242 g/mol. The summed E-state index contributed by atoms with van der Waals surface area (Å²) < 4.78 is 0. The summed E-state index contributed by atoms with van der Waals surface area (Å²) in [7, 11) is 0. The van der Waals surface area contributed by atoms with Gasteiger partial charge in [-0.2, -0.15) is 0 Å². The summed E-state index contributed by atoms with van der Waals surface area (Å²) in [6.45, 7) is 2.05. The summed E-state index contributed by atoms with van der Waals surface area (Å²) in [5, 5.41) is 12.1. The molecule has 0 radical (unpaired) electrons. The fourth-order valence-corrected chi connectivity index (χ4v) is 1.81. The first kappa shape index (κ1) is 13.0. The number of carboxylic acid groups (broad SMARTS) is 1. The molecule has 1 atom stereocenters. The van der Waals surface area contributed by atoms with E-state index in [0.717, 1.165) is 12.0 Å². The lowest BCUT2D eigenvalue weighted by atomic mass is 10.1. The van der Waals surface area contributed by atoms with Crippen molar-refractivity contribution in [2.24, 2.45) is 0 Å². The van der Waals surface area contributed by atoms with Crippen LogP contribution in [0.15, 0.2) is 42.6 Å². The fraction of sp³-hybridized carbons (Fsp3) is 0.214. The first-order chi connectivity index (χ1) is 9.20. The molecule has 0 aliphatic rings. The van der Waals surface area contributed by atoms with E-state index in [4.69, 9.17) is 5.11 Å². The molecule has 0 fully saturated rings. The lowest BCUT2D eigenvalue weighted by molar-refractivity contribution is 0.0690. The highest BCUT2D eigenvalue weighted by atomic mass is 16.4. The Kier molecular flexibility index (Phi) is 4.07. The predicted molar refractivity (Wildman–Crippen MR) is 72.1 cm³/mol. The second-order valence-corrected chi connectivity index (χ2v) is 4.09. The number of benzene rings is 1. The summed E-state index contributed by atoms with van der Waals surface area (Å²) >= 11 is 0. The van der Waals surface area contributed by atoms with Gasteiger partial charge in [0.25, 0.3) is 0 Å². The van der Waals surface area contributed by atoms with Crippen LogP contribution in [0.3, 0.4) is 0 Å². The maximum absolute atomic E-state index is 10.9. The minimum atomic E-state index is -1.06. The highest BCUT2D eigenvalue weighted by Gasteiger charge is 2.12. The zero-order chi connectivity index (χ0) is 13.7. The van der Waals surface area contributed by atoms with E-state index < -0.39 is 5.97 Å². The number of hydrogen-bond acceptors (Lipinski definition) is 4. The number of carbonyl (C=O) groups is 1. The second kappa shape index (κ2) is 5.95. The maximum Gasteiger partial charge on any atom is 0.354 e. The van der Waals surface area contributed by atoms with Gasteiger partial charge in [0.05, 0.1) is 6.04 Å². The van der Waals surface area contributed by atoms with Crippen LogP contribution in [0.25, 0.3) is 0 Å². The quantitative estimate of drug-likeness (QED) is 0.861. The molecular formula is C14H15N3O2. The molecule has 0 aliphatic heterocycles. The smallest absolute Gasteiger partial charge is 0.354 e. The van der Waals surface area contributed by atoms with Crippen LogP contribution in [-0.4, -0.2) is 21.0 Å². The molecule has 1 aromatic carbocycles. The molecule has 0 saturated heterocycles. The van der Waals surface area contributed by atoms with Gasteiger partial charge in [0.2, 0.25) is 5.95 Å². The Morgan fingerprint density at radius 2 is 2.05 bits per heavy atom. The van der Waals surface area contributed by atoms with Crippen molar-refractivity contribution in [2.45, 2.75) is 19.4 Å². The van der Waals surface area contributed by atoms with E-state index in [0.29, 0.717) is 5.95 Å². The Labute approximate surface area is 111 Å². The molecule has 19 heavy (non-hydrogen) atoms. The minimum absolute atomic E-state index is 0.0135. The Morgan fingerprint density at radius 3 is 2.68 bits per heavy atom. The molecule has 0 aliphatic carbocycles. The van der Waals surface area contributed by atoms with E-state index in [-0.39, 0.29) is 11.7 Å². The van der Waals surface area contributed by atoms with Crippen molar-refractivity contribution in [1.82, 2.24) is 9.97 Å². The van der Waals surface area contributed by atoms with Gasteiger partial charge >= 0.3 is 5.97 Å². The van der Waals surface area contributed by atoms with Gasteiger partial charge in [0, 0.05) is 6.20 Å². The number of nitrogens with zero attached hydrogens (tertiary/aromatic N) is 2. The number of nitrogens with one attached hydrogen (secondary N) is 1. The van der Waals surface area contributed by atoms with E-state index in [1.54, 1.807) is 0 Å². The molecule has 0 amide bonds. The molecule has 0 bridgehead atoms. The summed E-state index contributed by atoms with van der Waals surface area (Å²) in [5.41, 5.74) is 1.11. The van der Waals surface area contributed by atoms with Crippen molar-refractivity contribution < 1.29 is 9.90 Å². The summed E-state index contributed by atoms with van der Waals surface area (Å²) in [5.74, 6) is -0.728. The zero-order valence-electron chi connectivity index (χ0n) is 10.6. The fourth-order valence-electron chi connectivity index (χ4n) is 1.81. The maximum atomic E-state index is 10.9. The number of anilines is 1. The van der Waals surface area contributed by atoms with Gasteiger partial charge in [0.1, 0.15) is 0 Å². The standard InChI is InChI=1S/C14H15N3O2/c1-2-11(10-6-4-3-5-7-10)16-14-15-9-8-12(17-14)13(18)19/h3-9,11H,2H2,1H3,(H,18,19)(H,15,16,17). The third-order valence-corrected chi connectivity index (χ3v) is 2.79. The van der Waals surface area contributed by atoms with Gasteiger partial charge in [-0.3, -0.25) is 0 Å². The Morgan fingerprint density at radius 1 is 1.32 bits per heavy atom. The van der Waals surface area contributed by atoms with Crippen LogP contribution in [-0.2, 0) is 0 Å². The molecule has 1 heterocycles. The van der Waals surface area contributed by atoms with Crippen LogP contribution < -0.4 is 5.32 Å². The SMILES string of the molecule is CCC(Nc1nccc(C(=O)O)n1)c1ccccc1. The van der Waals surface area contributed by atoms with Crippen LogP contribution in [0.4, 0.5) is 5.95 Å².